The third-order valence-corrected chi connectivity index (χ3v) is 4.94. The van der Waals surface area contributed by atoms with Gasteiger partial charge in [-0.05, 0) is 26.7 Å². The van der Waals surface area contributed by atoms with Crippen molar-refractivity contribution >= 4 is 23.2 Å². The van der Waals surface area contributed by atoms with Crippen molar-refractivity contribution in [2.45, 2.75) is 32.2 Å². The maximum Gasteiger partial charge on any atom is 0.306 e. The van der Waals surface area contributed by atoms with Crippen LogP contribution >= 0.6 is 11.3 Å². The molecule has 1 aliphatic rings. The zero-order valence-corrected chi connectivity index (χ0v) is 13.2. The summed E-state index contributed by atoms with van der Waals surface area (Å²) in [5, 5.41) is 15.0. The summed E-state index contributed by atoms with van der Waals surface area (Å²) in [6.45, 7) is 5.28. The van der Waals surface area contributed by atoms with E-state index in [1.54, 1.807) is 22.4 Å². The van der Waals surface area contributed by atoms with Gasteiger partial charge in [-0.1, -0.05) is 0 Å². The molecule has 0 aromatic carbocycles. The van der Waals surface area contributed by atoms with E-state index in [9.17, 15) is 9.59 Å². The molecule has 21 heavy (non-hydrogen) atoms. The minimum Gasteiger partial charge on any atom is -0.481 e. The van der Waals surface area contributed by atoms with Crippen LogP contribution in [-0.4, -0.2) is 46.5 Å². The molecule has 0 atom stereocenters. The Labute approximate surface area is 128 Å². The summed E-state index contributed by atoms with van der Waals surface area (Å²) in [5.41, 5.74) is -0.344. The first-order valence-corrected chi connectivity index (χ1v) is 7.93. The molecule has 6 nitrogen and oxygen atoms in total. The molecule has 1 aromatic rings. The quantitative estimate of drug-likeness (QED) is 0.856. The highest BCUT2D eigenvalue weighted by molar-refractivity contribution is 7.09. The Kier molecular flexibility index (Phi) is 4.95. The summed E-state index contributed by atoms with van der Waals surface area (Å²) in [4.78, 5) is 29.1. The average molecular weight is 311 g/mol. The monoisotopic (exact) mass is 311 g/mol. The number of nitrogens with one attached hydrogen (secondary N) is 1. The molecule has 116 valence electrons. The third-order valence-electron chi connectivity index (χ3n) is 3.85. The van der Waals surface area contributed by atoms with Gasteiger partial charge in [-0.15, -0.1) is 11.3 Å². The summed E-state index contributed by atoms with van der Waals surface area (Å²) < 4.78 is 0. The fourth-order valence-corrected chi connectivity index (χ4v) is 3.13. The Bertz CT molecular complexity index is 494. The highest BCUT2D eigenvalue weighted by atomic mass is 32.1. The number of amides is 1. The topological polar surface area (TPSA) is 82.5 Å². The number of likely N-dealkylation sites (tertiary alicyclic amines) is 1. The van der Waals surface area contributed by atoms with Crippen molar-refractivity contribution in [1.82, 2.24) is 15.2 Å². The first-order valence-electron chi connectivity index (χ1n) is 7.06. The van der Waals surface area contributed by atoms with E-state index in [1.807, 2.05) is 19.2 Å². The van der Waals surface area contributed by atoms with Crippen molar-refractivity contribution in [2.24, 2.45) is 5.92 Å². The van der Waals surface area contributed by atoms with Crippen LogP contribution in [0.15, 0.2) is 11.6 Å². The fraction of sp³-hybridized carbons (Fsp3) is 0.643. The van der Waals surface area contributed by atoms with Crippen LogP contribution in [0, 0.1) is 5.92 Å². The van der Waals surface area contributed by atoms with Gasteiger partial charge in [0.25, 0.3) is 0 Å². The Balaban J connectivity index is 1.82. The standard InChI is InChI=1S/C14H21N3O3S/c1-14(2,13-15-5-8-21-13)16-9-11(18)17-6-3-10(4-7-17)12(19)20/h5,8,10,16H,3-4,6-7,9H2,1-2H3,(H,19,20). The Morgan fingerprint density at radius 2 is 2.14 bits per heavy atom. The number of hydrogen-bond donors (Lipinski definition) is 2. The lowest BCUT2D eigenvalue weighted by Crippen LogP contribution is -2.47. The van der Waals surface area contributed by atoms with Crippen molar-refractivity contribution in [2.75, 3.05) is 19.6 Å². The maximum atomic E-state index is 12.2. The van der Waals surface area contributed by atoms with Gasteiger partial charge in [0.15, 0.2) is 0 Å². The minimum absolute atomic E-state index is 0.0171. The van der Waals surface area contributed by atoms with Gasteiger partial charge in [-0.3, -0.25) is 14.9 Å². The first kappa shape index (κ1) is 15.9. The second kappa shape index (κ2) is 6.53. The van der Waals surface area contributed by atoms with Crippen LogP contribution in [0.3, 0.4) is 0 Å². The van der Waals surface area contributed by atoms with Crippen molar-refractivity contribution in [3.63, 3.8) is 0 Å². The van der Waals surface area contributed by atoms with Gasteiger partial charge >= 0.3 is 5.97 Å². The highest BCUT2D eigenvalue weighted by Gasteiger charge is 2.28. The molecule has 1 aliphatic heterocycles. The van der Waals surface area contributed by atoms with Crippen molar-refractivity contribution in [1.29, 1.82) is 0 Å². The molecule has 1 aromatic heterocycles. The van der Waals surface area contributed by atoms with Gasteiger partial charge < -0.3 is 10.0 Å². The summed E-state index contributed by atoms with van der Waals surface area (Å²) in [6, 6.07) is 0. The van der Waals surface area contributed by atoms with E-state index in [4.69, 9.17) is 5.11 Å². The summed E-state index contributed by atoms with van der Waals surface area (Å²) in [7, 11) is 0. The molecule has 0 radical (unpaired) electrons. The lowest BCUT2D eigenvalue weighted by molar-refractivity contribution is -0.145. The van der Waals surface area contributed by atoms with E-state index in [2.05, 4.69) is 10.3 Å². The Morgan fingerprint density at radius 3 is 2.67 bits per heavy atom. The summed E-state index contributed by atoms with van der Waals surface area (Å²) in [6.07, 6.45) is 2.83. The number of hydrogen-bond acceptors (Lipinski definition) is 5. The zero-order chi connectivity index (χ0) is 15.5. The third kappa shape index (κ3) is 4.01. The normalized spacial score (nSPS) is 17.0. The number of piperidine rings is 1. The molecular formula is C14H21N3O3S. The molecular weight excluding hydrogens is 290 g/mol. The zero-order valence-electron chi connectivity index (χ0n) is 12.3. The van der Waals surface area contributed by atoms with Crippen LogP contribution in [0.5, 0.6) is 0 Å². The lowest BCUT2D eigenvalue weighted by Gasteiger charge is -2.31. The van der Waals surface area contributed by atoms with Crippen LogP contribution in [0.2, 0.25) is 0 Å². The minimum atomic E-state index is -0.759. The predicted molar refractivity (Wildman–Crippen MR) is 80.1 cm³/mol. The van der Waals surface area contributed by atoms with Crippen LogP contribution in [0.4, 0.5) is 0 Å². The molecule has 2 heterocycles. The second-order valence-corrected chi connectivity index (χ2v) is 6.70. The van der Waals surface area contributed by atoms with Gasteiger partial charge in [0.2, 0.25) is 5.91 Å². The Hall–Kier alpha value is -1.47. The van der Waals surface area contributed by atoms with Gasteiger partial charge in [-0.25, -0.2) is 4.98 Å². The number of carbonyl (C=O) groups excluding carboxylic acids is 1. The molecule has 0 unspecified atom stereocenters. The average Bonchev–Trinajstić information content (AvgIpc) is 3.00. The van der Waals surface area contributed by atoms with Gasteiger partial charge in [0.05, 0.1) is 18.0 Å². The van der Waals surface area contributed by atoms with Crippen molar-refractivity contribution in [3.05, 3.63) is 16.6 Å². The number of nitrogens with zero attached hydrogens (tertiary/aromatic N) is 2. The number of carboxylic acid groups (broad SMARTS) is 1. The Morgan fingerprint density at radius 1 is 1.48 bits per heavy atom. The molecule has 0 saturated carbocycles. The van der Waals surface area contributed by atoms with E-state index in [1.165, 1.54) is 0 Å². The number of aliphatic carboxylic acids is 1. The van der Waals surface area contributed by atoms with Gasteiger partial charge in [0, 0.05) is 24.7 Å². The van der Waals surface area contributed by atoms with Crippen LogP contribution < -0.4 is 5.32 Å². The largest absolute Gasteiger partial charge is 0.481 e. The van der Waals surface area contributed by atoms with E-state index in [0.29, 0.717) is 25.9 Å². The molecule has 1 amide bonds. The molecule has 0 spiro atoms. The lowest BCUT2D eigenvalue weighted by atomic mass is 9.97. The van der Waals surface area contributed by atoms with E-state index in [-0.39, 0.29) is 23.9 Å². The number of rotatable bonds is 5. The first-order chi connectivity index (χ1) is 9.90. The molecule has 1 saturated heterocycles. The van der Waals surface area contributed by atoms with Crippen LogP contribution in [0.1, 0.15) is 31.7 Å². The van der Waals surface area contributed by atoms with Crippen LogP contribution in [-0.2, 0) is 15.1 Å². The van der Waals surface area contributed by atoms with Gasteiger partial charge in [-0.2, -0.15) is 0 Å². The number of carboxylic acids is 1. The summed E-state index contributed by atoms with van der Waals surface area (Å²) in [5.74, 6) is -1.05. The number of thiazole rings is 1. The number of carbonyl (C=O) groups is 2. The molecule has 2 N–H and O–H groups in total. The molecule has 1 fully saturated rings. The molecule has 7 heteroatoms. The van der Waals surface area contributed by atoms with Gasteiger partial charge in [0.1, 0.15) is 5.01 Å². The maximum absolute atomic E-state index is 12.2. The van der Waals surface area contributed by atoms with E-state index < -0.39 is 5.97 Å². The van der Waals surface area contributed by atoms with Crippen LogP contribution in [0.25, 0.3) is 0 Å². The number of aromatic nitrogens is 1. The predicted octanol–water partition coefficient (Wildman–Crippen LogP) is 1.29. The fourth-order valence-electron chi connectivity index (χ4n) is 2.39. The van der Waals surface area contributed by atoms with Crippen molar-refractivity contribution in [3.8, 4) is 0 Å². The second-order valence-electron chi connectivity index (χ2n) is 5.81. The van der Waals surface area contributed by atoms with Crippen molar-refractivity contribution < 1.29 is 14.7 Å². The van der Waals surface area contributed by atoms with E-state index in [0.717, 1.165) is 5.01 Å². The molecule has 2 rings (SSSR count). The highest BCUT2D eigenvalue weighted by Crippen LogP contribution is 2.22. The molecule has 0 bridgehead atoms. The smallest absolute Gasteiger partial charge is 0.306 e. The SMILES string of the molecule is CC(C)(NCC(=O)N1CCC(C(=O)O)CC1)c1nccs1. The molecule has 0 aliphatic carbocycles. The van der Waals surface area contributed by atoms with E-state index >= 15 is 0 Å². The summed E-state index contributed by atoms with van der Waals surface area (Å²) >= 11 is 1.56.